The Morgan fingerprint density at radius 1 is 1.06 bits per heavy atom. The molecule has 164 valence electrons. The lowest BCUT2D eigenvalue weighted by Crippen LogP contribution is -2.50. The maximum absolute atomic E-state index is 12.9. The number of hydrogen-bond acceptors (Lipinski definition) is 5. The summed E-state index contributed by atoms with van der Waals surface area (Å²) >= 11 is 3.28. The third-order valence-electron chi connectivity index (χ3n) is 5.02. The number of oxime groups is 1. The number of benzene rings is 3. The number of nitrogens with zero attached hydrogens (tertiary/aromatic N) is 1. The monoisotopic (exact) mass is 495 g/mol. The van der Waals surface area contributed by atoms with Crippen LogP contribution in [0.1, 0.15) is 12.0 Å². The van der Waals surface area contributed by atoms with E-state index in [1.165, 1.54) is 0 Å². The molecule has 0 aromatic heterocycles. The summed E-state index contributed by atoms with van der Waals surface area (Å²) in [6.45, 7) is 0.282. The summed E-state index contributed by atoms with van der Waals surface area (Å²) < 4.78 is 6.16. The number of nitrogens with one attached hydrogen (secondary N) is 2. The first-order chi connectivity index (χ1) is 15.6. The molecular weight excluding hydrogens is 474 g/mol. The molecular formula is C24H22BrN3O4. The molecule has 0 radical (unpaired) electrons. The number of fused-ring (bicyclic) bond motifs is 1. The second-order valence-electron chi connectivity index (χ2n) is 7.43. The van der Waals surface area contributed by atoms with E-state index in [9.17, 15) is 9.59 Å². The predicted octanol–water partition coefficient (Wildman–Crippen LogP) is 4.15. The second-order valence-corrected chi connectivity index (χ2v) is 8.34. The molecule has 0 saturated carbocycles. The second kappa shape index (κ2) is 10.3. The lowest BCUT2D eigenvalue weighted by Gasteiger charge is -2.19. The van der Waals surface area contributed by atoms with E-state index >= 15 is 0 Å². The minimum Gasteiger partial charge on any atom is -0.410 e. The van der Waals surface area contributed by atoms with E-state index in [2.05, 4.69) is 31.7 Å². The van der Waals surface area contributed by atoms with Gasteiger partial charge in [-0.05, 0) is 44.4 Å². The van der Waals surface area contributed by atoms with Gasteiger partial charge in [0.15, 0.2) is 6.10 Å². The summed E-state index contributed by atoms with van der Waals surface area (Å²) in [5.41, 5.74) is 0.918. The predicted molar refractivity (Wildman–Crippen MR) is 126 cm³/mol. The third-order valence-corrected chi connectivity index (χ3v) is 5.49. The van der Waals surface area contributed by atoms with Gasteiger partial charge >= 0.3 is 6.09 Å². The van der Waals surface area contributed by atoms with Crippen LogP contribution >= 0.6 is 15.9 Å². The molecule has 0 fully saturated rings. The van der Waals surface area contributed by atoms with E-state index in [-0.39, 0.29) is 18.6 Å². The first-order valence-corrected chi connectivity index (χ1v) is 11.0. The molecule has 1 aliphatic heterocycles. The minimum absolute atomic E-state index is 0.241. The van der Waals surface area contributed by atoms with Gasteiger partial charge in [-0.25, -0.2) is 4.79 Å². The van der Waals surface area contributed by atoms with Gasteiger partial charge in [-0.2, -0.15) is 0 Å². The van der Waals surface area contributed by atoms with Crippen LogP contribution in [0.15, 0.2) is 78.0 Å². The van der Waals surface area contributed by atoms with Crippen LogP contribution in [-0.4, -0.2) is 35.3 Å². The van der Waals surface area contributed by atoms with Crippen molar-refractivity contribution >= 4 is 43.3 Å². The largest absolute Gasteiger partial charge is 0.413 e. The topological polar surface area (TPSA) is 89.0 Å². The van der Waals surface area contributed by atoms with E-state index in [4.69, 9.17) is 9.57 Å². The normalized spacial score (nSPS) is 16.0. The van der Waals surface area contributed by atoms with Gasteiger partial charge in [-0.15, -0.1) is 0 Å². The Labute approximate surface area is 193 Å². The summed E-state index contributed by atoms with van der Waals surface area (Å²) in [6, 6.07) is 21.9. The average Bonchev–Trinajstić information content (AvgIpc) is 3.22. The molecule has 2 atom stereocenters. The van der Waals surface area contributed by atoms with Crippen molar-refractivity contribution in [3.63, 3.8) is 0 Å². The van der Waals surface area contributed by atoms with Crippen molar-refractivity contribution in [1.29, 1.82) is 0 Å². The molecule has 1 unspecified atom stereocenters. The van der Waals surface area contributed by atoms with Gasteiger partial charge in [-0.3, -0.25) is 4.79 Å². The summed E-state index contributed by atoms with van der Waals surface area (Å²) in [7, 11) is 0. The van der Waals surface area contributed by atoms with Crippen LogP contribution in [0.3, 0.4) is 0 Å². The van der Waals surface area contributed by atoms with Crippen molar-refractivity contribution in [2.75, 3.05) is 6.54 Å². The van der Waals surface area contributed by atoms with Crippen LogP contribution in [-0.2, 0) is 16.1 Å². The SMILES string of the molecule is O=C(N[C@@H](Cc1ccccc1)C(=O)NCC1CC(Br)=NO1)Oc1ccc2ccccc2c1. The molecule has 0 bridgehead atoms. The van der Waals surface area contributed by atoms with Gasteiger partial charge in [0.05, 0.1) is 6.54 Å². The number of carbonyl (C=O) groups is 2. The molecule has 1 aliphatic rings. The van der Waals surface area contributed by atoms with E-state index in [0.717, 1.165) is 16.3 Å². The van der Waals surface area contributed by atoms with Crippen molar-refractivity contribution in [2.24, 2.45) is 5.16 Å². The molecule has 3 aromatic rings. The standard InChI is InChI=1S/C24H22BrN3O4/c25-22-14-20(32-28-22)15-26-23(29)21(12-16-6-2-1-3-7-16)27-24(30)31-19-11-10-17-8-4-5-9-18(17)13-19/h1-11,13,20-21H,12,14-15H2,(H,26,29)(H,27,30)/t20?,21-/m0/s1. The lowest BCUT2D eigenvalue weighted by atomic mass is 10.1. The van der Waals surface area contributed by atoms with Crippen LogP contribution in [0.25, 0.3) is 10.8 Å². The Hall–Kier alpha value is -3.39. The molecule has 7 nitrogen and oxygen atoms in total. The maximum Gasteiger partial charge on any atom is 0.413 e. The Bertz CT molecular complexity index is 1140. The minimum atomic E-state index is -0.809. The number of ether oxygens (including phenoxy) is 1. The van der Waals surface area contributed by atoms with Gasteiger partial charge < -0.3 is 20.2 Å². The van der Waals surface area contributed by atoms with E-state index in [1.54, 1.807) is 12.1 Å². The first kappa shape index (κ1) is 21.8. The van der Waals surface area contributed by atoms with Crippen LogP contribution in [0, 0.1) is 0 Å². The van der Waals surface area contributed by atoms with Gasteiger partial charge in [0.25, 0.3) is 0 Å². The van der Waals surface area contributed by atoms with Crippen molar-refractivity contribution in [3.05, 3.63) is 78.4 Å². The number of amides is 2. The number of rotatable bonds is 7. The molecule has 0 spiro atoms. The Balaban J connectivity index is 1.41. The van der Waals surface area contributed by atoms with E-state index in [0.29, 0.717) is 23.2 Å². The third kappa shape index (κ3) is 5.85. The van der Waals surface area contributed by atoms with E-state index < -0.39 is 12.1 Å². The van der Waals surface area contributed by atoms with Crippen LogP contribution in [0.5, 0.6) is 5.75 Å². The fraction of sp³-hybridized carbons (Fsp3) is 0.208. The van der Waals surface area contributed by atoms with Crippen molar-refractivity contribution in [1.82, 2.24) is 10.6 Å². The average molecular weight is 496 g/mol. The highest BCUT2D eigenvalue weighted by Crippen LogP contribution is 2.20. The molecule has 1 heterocycles. The molecule has 8 heteroatoms. The van der Waals surface area contributed by atoms with Gasteiger partial charge in [-0.1, -0.05) is 65.8 Å². The first-order valence-electron chi connectivity index (χ1n) is 10.2. The van der Waals surface area contributed by atoms with Crippen molar-refractivity contribution in [2.45, 2.75) is 25.0 Å². The van der Waals surface area contributed by atoms with Crippen LogP contribution in [0.2, 0.25) is 0 Å². The highest BCUT2D eigenvalue weighted by molar-refractivity contribution is 9.18. The summed E-state index contributed by atoms with van der Waals surface area (Å²) in [5.74, 6) is 0.0809. The molecule has 0 saturated heterocycles. The number of hydrogen-bond donors (Lipinski definition) is 2. The molecule has 32 heavy (non-hydrogen) atoms. The van der Waals surface area contributed by atoms with Crippen LogP contribution in [0.4, 0.5) is 4.79 Å². The molecule has 0 aliphatic carbocycles. The summed E-state index contributed by atoms with van der Waals surface area (Å²) in [4.78, 5) is 30.7. The highest BCUT2D eigenvalue weighted by Gasteiger charge is 2.25. The van der Waals surface area contributed by atoms with Crippen molar-refractivity contribution in [3.8, 4) is 5.75 Å². The molecule has 4 rings (SSSR count). The molecule has 3 aromatic carbocycles. The zero-order valence-electron chi connectivity index (χ0n) is 17.2. The van der Waals surface area contributed by atoms with Gasteiger partial charge in [0, 0.05) is 12.8 Å². The summed E-state index contributed by atoms with van der Waals surface area (Å²) in [5, 5.41) is 11.3. The smallest absolute Gasteiger partial charge is 0.410 e. The van der Waals surface area contributed by atoms with Crippen LogP contribution < -0.4 is 15.4 Å². The maximum atomic E-state index is 12.9. The zero-order valence-corrected chi connectivity index (χ0v) is 18.7. The number of halogens is 1. The van der Waals surface area contributed by atoms with Gasteiger partial charge in [0.1, 0.15) is 16.4 Å². The van der Waals surface area contributed by atoms with Crippen molar-refractivity contribution < 1.29 is 19.2 Å². The lowest BCUT2D eigenvalue weighted by molar-refractivity contribution is -0.123. The quantitative estimate of drug-likeness (QED) is 0.515. The Morgan fingerprint density at radius 2 is 1.81 bits per heavy atom. The fourth-order valence-electron chi connectivity index (χ4n) is 3.41. The Morgan fingerprint density at radius 3 is 2.56 bits per heavy atom. The van der Waals surface area contributed by atoms with E-state index in [1.807, 2.05) is 60.7 Å². The van der Waals surface area contributed by atoms with Gasteiger partial charge in [0.2, 0.25) is 5.91 Å². The summed E-state index contributed by atoms with van der Waals surface area (Å²) in [6.07, 6.45) is -0.0264. The zero-order chi connectivity index (χ0) is 22.3. The highest BCUT2D eigenvalue weighted by atomic mass is 79.9. The fourth-order valence-corrected chi connectivity index (χ4v) is 3.85. The number of carbonyl (C=O) groups excluding carboxylic acids is 2. The molecule has 2 amide bonds. The Kier molecular flexibility index (Phi) is 7.01. The molecule has 2 N–H and O–H groups in total.